The first-order chi connectivity index (χ1) is 5.29. The molecule has 2 rings (SSSR count). The maximum absolute atomic E-state index is 9.16. The van der Waals surface area contributed by atoms with Gasteiger partial charge in [0.05, 0.1) is 0 Å². The number of benzene rings is 1. The van der Waals surface area contributed by atoms with Crippen LogP contribution < -0.4 is 0 Å². The molecule has 1 aromatic carbocycles. The van der Waals surface area contributed by atoms with E-state index >= 15 is 0 Å². The Morgan fingerprint density at radius 2 is 2.09 bits per heavy atom. The first-order valence-corrected chi connectivity index (χ1v) is 3.03. The highest BCUT2D eigenvalue weighted by Crippen LogP contribution is 2.32. The van der Waals surface area contributed by atoms with Crippen molar-refractivity contribution in [3.63, 3.8) is 0 Å². The summed E-state index contributed by atoms with van der Waals surface area (Å²) >= 11 is 0. The molecule has 0 saturated heterocycles. The molecule has 2 N–H and O–H groups in total. The number of aromatic hydroxyl groups is 2. The Bertz CT molecular complexity index is 393. The Hall–Kier alpha value is -1.71. The minimum absolute atomic E-state index is 0.200. The molecule has 56 valence electrons. The van der Waals surface area contributed by atoms with Crippen molar-refractivity contribution < 1.29 is 14.6 Å². The Morgan fingerprint density at radius 1 is 1.27 bits per heavy atom. The van der Waals surface area contributed by atoms with E-state index in [-0.39, 0.29) is 17.1 Å². The van der Waals surface area contributed by atoms with E-state index in [1.807, 2.05) is 0 Å². The Morgan fingerprint density at radius 3 is 2.91 bits per heavy atom. The zero-order chi connectivity index (χ0) is 7.84. The maximum Gasteiger partial charge on any atom is 0.203 e. The molecule has 0 unspecified atom stereocenters. The molecular formula is C7H5NO3. The lowest BCUT2D eigenvalue weighted by molar-refractivity contribution is 0.400. The summed E-state index contributed by atoms with van der Waals surface area (Å²) < 4.78 is 4.81. The molecule has 0 bridgehead atoms. The van der Waals surface area contributed by atoms with Gasteiger partial charge in [-0.25, -0.2) is 4.98 Å². The van der Waals surface area contributed by atoms with Gasteiger partial charge in [0.15, 0.2) is 17.7 Å². The number of nitrogens with zero attached hydrogens (tertiary/aromatic N) is 1. The van der Waals surface area contributed by atoms with Crippen molar-refractivity contribution >= 4 is 11.1 Å². The van der Waals surface area contributed by atoms with Crippen molar-refractivity contribution in [2.24, 2.45) is 0 Å². The van der Waals surface area contributed by atoms with Crippen molar-refractivity contribution in [1.29, 1.82) is 0 Å². The van der Waals surface area contributed by atoms with Crippen LogP contribution in [0.4, 0.5) is 0 Å². The molecule has 0 radical (unpaired) electrons. The van der Waals surface area contributed by atoms with Gasteiger partial charge in [-0.15, -0.1) is 0 Å². The number of phenols is 2. The number of rotatable bonds is 0. The minimum Gasteiger partial charge on any atom is -0.504 e. The zero-order valence-corrected chi connectivity index (χ0v) is 5.48. The highest BCUT2D eigenvalue weighted by atomic mass is 16.4. The molecule has 0 atom stereocenters. The average Bonchev–Trinajstić information content (AvgIpc) is 2.45. The van der Waals surface area contributed by atoms with Crippen molar-refractivity contribution in [2.75, 3.05) is 0 Å². The van der Waals surface area contributed by atoms with Crippen molar-refractivity contribution in [3.8, 4) is 11.5 Å². The summed E-state index contributed by atoms with van der Waals surface area (Å²) in [7, 11) is 0. The summed E-state index contributed by atoms with van der Waals surface area (Å²) in [5.74, 6) is -0.464. The minimum atomic E-state index is -0.264. The third-order valence-electron chi connectivity index (χ3n) is 1.45. The first kappa shape index (κ1) is 6.03. The van der Waals surface area contributed by atoms with Crippen molar-refractivity contribution in [3.05, 3.63) is 18.5 Å². The van der Waals surface area contributed by atoms with Gasteiger partial charge in [-0.05, 0) is 12.1 Å². The molecule has 1 aromatic heterocycles. The lowest BCUT2D eigenvalue weighted by Gasteiger charge is -1.94. The number of hydrogen-bond donors (Lipinski definition) is 2. The predicted octanol–water partition coefficient (Wildman–Crippen LogP) is 1.24. The number of oxazole rings is 1. The Labute approximate surface area is 61.7 Å². The molecule has 0 spiro atoms. The average molecular weight is 151 g/mol. The maximum atomic E-state index is 9.16. The Kier molecular flexibility index (Phi) is 1.03. The van der Waals surface area contributed by atoms with Crippen LogP contribution in [-0.4, -0.2) is 15.2 Å². The van der Waals surface area contributed by atoms with Gasteiger partial charge in [0.25, 0.3) is 0 Å². The van der Waals surface area contributed by atoms with E-state index in [4.69, 9.17) is 14.6 Å². The molecular weight excluding hydrogens is 146 g/mol. The monoisotopic (exact) mass is 151 g/mol. The van der Waals surface area contributed by atoms with E-state index in [0.29, 0.717) is 5.52 Å². The topological polar surface area (TPSA) is 66.5 Å². The molecule has 0 saturated carbocycles. The van der Waals surface area contributed by atoms with Gasteiger partial charge in [0.2, 0.25) is 5.75 Å². The lowest BCUT2D eigenvalue weighted by atomic mass is 10.3. The second-order valence-electron chi connectivity index (χ2n) is 2.13. The van der Waals surface area contributed by atoms with E-state index < -0.39 is 0 Å². The summed E-state index contributed by atoms with van der Waals surface area (Å²) in [6.45, 7) is 0. The van der Waals surface area contributed by atoms with Crippen molar-refractivity contribution in [1.82, 2.24) is 4.98 Å². The van der Waals surface area contributed by atoms with Gasteiger partial charge in [-0.3, -0.25) is 0 Å². The summed E-state index contributed by atoms with van der Waals surface area (Å²) in [6, 6.07) is 2.92. The second-order valence-corrected chi connectivity index (χ2v) is 2.13. The quantitative estimate of drug-likeness (QED) is 0.556. The molecule has 0 aliphatic carbocycles. The number of phenolic OH excluding ortho intramolecular Hbond substituents is 2. The molecule has 2 aromatic rings. The van der Waals surface area contributed by atoms with Gasteiger partial charge < -0.3 is 14.6 Å². The van der Waals surface area contributed by atoms with Crippen LogP contribution in [-0.2, 0) is 0 Å². The zero-order valence-electron chi connectivity index (χ0n) is 5.48. The van der Waals surface area contributed by atoms with E-state index in [0.717, 1.165) is 0 Å². The number of aromatic nitrogens is 1. The second kappa shape index (κ2) is 1.88. The Balaban J connectivity index is 2.93. The fourth-order valence-electron chi connectivity index (χ4n) is 0.904. The standard InChI is InChI=1S/C7H5NO3/c9-5-2-1-4-7(6(5)10)11-3-8-4/h1-3,9-10H. The van der Waals surface area contributed by atoms with Crippen LogP contribution in [0.2, 0.25) is 0 Å². The van der Waals surface area contributed by atoms with Crippen LogP contribution in [0.3, 0.4) is 0 Å². The van der Waals surface area contributed by atoms with Crippen LogP contribution in [0, 0.1) is 0 Å². The van der Waals surface area contributed by atoms with E-state index in [2.05, 4.69) is 4.98 Å². The normalized spacial score (nSPS) is 10.5. The van der Waals surface area contributed by atoms with Crippen LogP contribution in [0.1, 0.15) is 0 Å². The van der Waals surface area contributed by atoms with Crippen LogP contribution in [0.15, 0.2) is 22.9 Å². The highest BCUT2D eigenvalue weighted by Gasteiger charge is 2.07. The third kappa shape index (κ3) is 0.724. The summed E-state index contributed by atoms with van der Waals surface area (Å²) in [4.78, 5) is 3.78. The fourth-order valence-corrected chi connectivity index (χ4v) is 0.904. The molecule has 4 heteroatoms. The van der Waals surface area contributed by atoms with Gasteiger partial charge >= 0.3 is 0 Å². The smallest absolute Gasteiger partial charge is 0.203 e. The number of hydrogen-bond acceptors (Lipinski definition) is 4. The van der Waals surface area contributed by atoms with Crippen LogP contribution >= 0.6 is 0 Å². The molecule has 11 heavy (non-hydrogen) atoms. The van der Waals surface area contributed by atoms with Gasteiger partial charge in [-0.1, -0.05) is 0 Å². The molecule has 0 fully saturated rings. The fraction of sp³-hybridized carbons (Fsp3) is 0. The molecule has 0 aliphatic heterocycles. The third-order valence-corrected chi connectivity index (χ3v) is 1.45. The van der Waals surface area contributed by atoms with Gasteiger partial charge in [0.1, 0.15) is 5.52 Å². The van der Waals surface area contributed by atoms with Gasteiger partial charge in [-0.2, -0.15) is 0 Å². The molecule has 0 amide bonds. The van der Waals surface area contributed by atoms with Crippen molar-refractivity contribution in [2.45, 2.75) is 0 Å². The predicted molar refractivity (Wildman–Crippen MR) is 37.3 cm³/mol. The van der Waals surface area contributed by atoms with E-state index in [1.165, 1.54) is 12.5 Å². The number of fused-ring (bicyclic) bond motifs is 1. The largest absolute Gasteiger partial charge is 0.504 e. The molecule has 0 aliphatic rings. The summed E-state index contributed by atoms with van der Waals surface area (Å²) in [6.07, 6.45) is 1.21. The highest BCUT2D eigenvalue weighted by molar-refractivity contribution is 5.81. The van der Waals surface area contributed by atoms with E-state index in [9.17, 15) is 0 Å². The van der Waals surface area contributed by atoms with Crippen LogP contribution in [0.25, 0.3) is 11.1 Å². The van der Waals surface area contributed by atoms with E-state index in [1.54, 1.807) is 6.07 Å². The van der Waals surface area contributed by atoms with Crippen LogP contribution in [0.5, 0.6) is 11.5 Å². The lowest BCUT2D eigenvalue weighted by Crippen LogP contribution is -1.70. The molecule has 4 nitrogen and oxygen atoms in total. The SMILES string of the molecule is Oc1ccc2ncoc2c1O. The molecule has 1 heterocycles. The first-order valence-electron chi connectivity index (χ1n) is 3.03. The summed E-state index contributed by atoms with van der Waals surface area (Å²) in [5.41, 5.74) is 0.741. The van der Waals surface area contributed by atoms with Gasteiger partial charge in [0, 0.05) is 0 Å². The summed E-state index contributed by atoms with van der Waals surface area (Å²) in [5, 5.41) is 18.2.